The Hall–Kier alpha value is -1.49. The van der Waals surface area contributed by atoms with Gasteiger partial charge in [0, 0.05) is 23.8 Å². The van der Waals surface area contributed by atoms with Gasteiger partial charge in [-0.2, -0.15) is 0 Å². The van der Waals surface area contributed by atoms with E-state index in [9.17, 15) is 0 Å². The molecule has 0 spiro atoms. The van der Waals surface area contributed by atoms with Crippen molar-refractivity contribution >= 4 is 17.2 Å². The number of anilines is 1. The second-order valence-corrected chi connectivity index (χ2v) is 4.39. The predicted molar refractivity (Wildman–Crippen MR) is 65.9 cm³/mol. The Morgan fingerprint density at radius 1 is 1.38 bits per heavy atom. The van der Waals surface area contributed by atoms with Crippen LogP contribution in [-0.2, 0) is 6.42 Å². The smallest absolute Gasteiger partial charge is 0.137 e. The number of aromatic nitrogens is 3. The van der Waals surface area contributed by atoms with Crippen LogP contribution in [0.1, 0.15) is 23.4 Å². The minimum Gasteiger partial charge on any atom is -0.370 e. The molecule has 0 atom stereocenters. The lowest BCUT2D eigenvalue weighted by Crippen LogP contribution is -2.03. The maximum Gasteiger partial charge on any atom is 0.137 e. The van der Waals surface area contributed by atoms with Gasteiger partial charge in [-0.3, -0.25) is 0 Å². The van der Waals surface area contributed by atoms with Crippen LogP contribution in [0.3, 0.4) is 0 Å². The number of hydrogen-bond acceptors (Lipinski definition) is 5. The minimum atomic E-state index is 0.706. The first-order chi connectivity index (χ1) is 7.78. The van der Waals surface area contributed by atoms with Crippen LogP contribution in [-0.4, -0.2) is 21.5 Å². The van der Waals surface area contributed by atoms with Crippen LogP contribution in [0.15, 0.2) is 17.6 Å². The van der Waals surface area contributed by atoms with Gasteiger partial charge in [-0.25, -0.2) is 15.0 Å². The Kier molecular flexibility index (Phi) is 3.46. The Morgan fingerprint density at radius 3 is 2.94 bits per heavy atom. The van der Waals surface area contributed by atoms with Gasteiger partial charge in [0.1, 0.15) is 16.6 Å². The van der Waals surface area contributed by atoms with E-state index in [1.165, 1.54) is 0 Å². The van der Waals surface area contributed by atoms with Gasteiger partial charge in [-0.05, 0) is 19.9 Å². The molecule has 0 fully saturated rings. The maximum absolute atomic E-state index is 4.41. The summed E-state index contributed by atoms with van der Waals surface area (Å²) >= 11 is 1.65. The quantitative estimate of drug-likeness (QED) is 0.881. The third kappa shape index (κ3) is 2.76. The van der Waals surface area contributed by atoms with Crippen molar-refractivity contribution in [1.29, 1.82) is 0 Å². The van der Waals surface area contributed by atoms with Crippen LogP contribution in [0.2, 0.25) is 0 Å². The molecule has 0 aromatic carbocycles. The van der Waals surface area contributed by atoms with Crippen molar-refractivity contribution in [3.8, 4) is 0 Å². The van der Waals surface area contributed by atoms with Crippen LogP contribution in [0.25, 0.3) is 0 Å². The Morgan fingerprint density at radius 2 is 2.25 bits per heavy atom. The van der Waals surface area contributed by atoms with Gasteiger partial charge in [-0.15, -0.1) is 11.3 Å². The summed E-state index contributed by atoms with van der Waals surface area (Å²) in [4.78, 5) is 13.1. The maximum atomic E-state index is 4.41. The average Bonchev–Trinajstić information content (AvgIpc) is 2.65. The number of aryl methyl sites for hydroxylation is 1. The summed E-state index contributed by atoms with van der Waals surface area (Å²) < 4.78 is 0. The number of rotatable bonds is 4. The fourth-order valence-electron chi connectivity index (χ4n) is 1.38. The molecule has 1 N–H and O–H groups in total. The highest BCUT2D eigenvalue weighted by molar-refractivity contribution is 7.09. The van der Waals surface area contributed by atoms with E-state index in [2.05, 4.69) is 20.3 Å². The molecular formula is C11H14N4S. The molecule has 0 aliphatic rings. The highest BCUT2D eigenvalue weighted by Crippen LogP contribution is 2.12. The molecule has 0 unspecified atom stereocenters. The molecular weight excluding hydrogens is 220 g/mol. The first-order valence-electron chi connectivity index (χ1n) is 5.24. The number of hydrogen-bond donors (Lipinski definition) is 1. The van der Waals surface area contributed by atoms with Gasteiger partial charge in [-0.1, -0.05) is 0 Å². The number of nitrogens with one attached hydrogen (secondary N) is 1. The molecule has 0 radical (unpaired) electrons. The molecule has 16 heavy (non-hydrogen) atoms. The molecule has 2 rings (SSSR count). The van der Waals surface area contributed by atoms with Gasteiger partial charge >= 0.3 is 0 Å². The number of thiazole rings is 1. The highest BCUT2D eigenvalue weighted by Gasteiger charge is 2.03. The summed E-state index contributed by atoms with van der Waals surface area (Å²) in [5, 5.41) is 6.28. The molecule has 2 aromatic heterocycles. The SMILES string of the molecule is CCNc1ccnc(Cc2nc(C)cs2)n1. The van der Waals surface area contributed by atoms with Crippen LogP contribution in [0.5, 0.6) is 0 Å². The van der Waals surface area contributed by atoms with E-state index in [0.29, 0.717) is 6.42 Å². The summed E-state index contributed by atoms with van der Waals surface area (Å²) in [7, 11) is 0. The Labute approximate surface area is 98.8 Å². The van der Waals surface area contributed by atoms with Crippen LogP contribution < -0.4 is 5.32 Å². The monoisotopic (exact) mass is 234 g/mol. The topological polar surface area (TPSA) is 50.7 Å². The third-order valence-corrected chi connectivity index (χ3v) is 3.01. The second-order valence-electron chi connectivity index (χ2n) is 3.45. The van der Waals surface area contributed by atoms with E-state index < -0.39 is 0 Å². The number of nitrogens with zero attached hydrogens (tertiary/aromatic N) is 3. The first-order valence-corrected chi connectivity index (χ1v) is 6.12. The molecule has 2 aromatic rings. The Bertz CT molecular complexity index is 467. The molecule has 0 aliphatic carbocycles. The summed E-state index contributed by atoms with van der Waals surface area (Å²) in [6, 6.07) is 1.88. The lowest BCUT2D eigenvalue weighted by Gasteiger charge is -2.02. The lowest BCUT2D eigenvalue weighted by molar-refractivity contribution is 0.948. The largest absolute Gasteiger partial charge is 0.370 e. The summed E-state index contributed by atoms with van der Waals surface area (Å²) in [6.45, 7) is 4.91. The van der Waals surface area contributed by atoms with Crippen molar-refractivity contribution in [2.75, 3.05) is 11.9 Å². The molecule has 2 heterocycles. The fourth-order valence-corrected chi connectivity index (χ4v) is 2.15. The predicted octanol–water partition coefficient (Wildman–Crippen LogP) is 2.26. The minimum absolute atomic E-state index is 0.706. The van der Waals surface area contributed by atoms with Gasteiger partial charge in [0.25, 0.3) is 0 Å². The van der Waals surface area contributed by atoms with E-state index in [4.69, 9.17) is 0 Å². The molecule has 4 nitrogen and oxygen atoms in total. The van der Waals surface area contributed by atoms with Crippen LogP contribution in [0.4, 0.5) is 5.82 Å². The molecule has 0 aliphatic heterocycles. The third-order valence-electron chi connectivity index (χ3n) is 2.04. The van der Waals surface area contributed by atoms with E-state index >= 15 is 0 Å². The molecule has 0 saturated carbocycles. The van der Waals surface area contributed by atoms with Crippen molar-refractivity contribution in [3.63, 3.8) is 0 Å². The standard InChI is InChI=1S/C11H14N4S/c1-3-12-9-4-5-13-10(15-9)6-11-14-8(2)7-16-11/h4-5,7H,3,6H2,1-2H3,(H,12,13,15). The fraction of sp³-hybridized carbons (Fsp3) is 0.364. The van der Waals surface area contributed by atoms with E-state index in [1.807, 2.05) is 25.3 Å². The average molecular weight is 234 g/mol. The first kappa shape index (κ1) is 11.0. The summed E-state index contributed by atoms with van der Waals surface area (Å²) in [6.07, 6.45) is 2.48. The van der Waals surface area contributed by atoms with Crippen LogP contribution >= 0.6 is 11.3 Å². The van der Waals surface area contributed by atoms with Crippen LogP contribution in [0, 0.1) is 6.92 Å². The van der Waals surface area contributed by atoms with Crippen molar-refractivity contribution < 1.29 is 0 Å². The lowest BCUT2D eigenvalue weighted by atomic mass is 10.4. The highest BCUT2D eigenvalue weighted by atomic mass is 32.1. The molecule has 0 bridgehead atoms. The molecule has 0 amide bonds. The zero-order valence-corrected chi connectivity index (χ0v) is 10.2. The van der Waals surface area contributed by atoms with E-state index in [1.54, 1.807) is 17.5 Å². The summed E-state index contributed by atoms with van der Waals surface area (Å²) in [5.74, 6) is 1.69. The van der Waals surface area contributed by atoms with Gasteiger partial charge in [0.2, 0.25) is 0 Å². The zero-order valence-electron chi connectivity index (χ0n) is 9.40. The van der Waals surface area contributed by atoms with Crippen molar-refractivity contribution in [2.24, 2.45) is 0 Å². The molecule has 5 heteroatoms. The van der Waals surface area contributed by atoms with E-state index in [0.717, 1.165) is 28.9 Å². The second kappa shape index (κ2) is 5.03. The van der Waals surface area contributed by atoms with Gasteiger partial charge in [0.05, 0.1) is 6.42 Å². The zero-order chi connectivity index (χ0) is 11.4. The van der Waals surface area contributed by atoms with Crippen molar-refractivity contribution in [3.05, 3.63) is 34.2 Å². The Balaban J connectivity index is 2.12. The molecule has 84 valence electrons. The summed E-state index contributed by atoms with van der Waals surface area (Å²) in [5.41, 5.74) is 1.06. The van der Waals surface area contributed by atoms with E-state index in [-0.39, 0.29) is 0 Å². The molecule has 0 saturated heterocycles. The van der Waals surface area contributed by atoms with Crippen molar-refractivity contribution in [1.82, 2.24) is 15.0 Å². The van der Waals surface area contributed by atoms with Gasteiger partial charge < -0.3 is 5.32 Å². The van der Waals surface area contributed by atoms with Crippen molar-refractivity contribution in [2.45, 2.75) is 20.3 Å². The van der Waals surface area contributed by atoms with Gasteiger partial charge in [0.15, 0.2) is 0 Å². The normalized spacial score (nSPS) is 10.4.